The number of anilines is 2. The number of hydrogen-bond acceptors (Lipinski definition) is 5. The highest BCUT2D eigenvalue weighted by molar-refractivity contribution is 7.84. The highest BCUT2D eigenvalue weighted by Crippen LogP contribution is 2.38. The molecule has 2 heterocycles. The standard InChI is InChI=1S/C25H29F3N6O2S/c1-24(2,3)37(36)33-21(25(26,27)28)15-8-6-9-17(13-15)31-22-20-19(11-12-30-23(20)35)34(32-22)18-10-5-4-7-16(18)14-29/h6,8-9,11-13,16,18,21,33H,4-5,7,10H2,1-3H3,(H,30,35)(H,31,32)/t16-,18+,21+,37?/m1/s1. The molecule has 12 heteroatoms. The summed E-state index contributed by atoms with van der Waals surface area (Å²) in [7, 11) is -1.96. The van der Waals surface area contributed by atoms with Gasteiger partial charge in [-0.1, -0.05) is 25.0 Å². The topological polar surface area (TPSA) is 116 Å². The molecule has 4 rings (SSSR count). The average Bonchev–Trinajstić information content (AvgIpc) is 3.20. The number of hydrogen-bond donors (Lipinski definition) is 3. The predicted molar refractivity (Wildman–Crippen MR) is 137 cm³/mol. The first-order valence-corrected chi connectivity index (χ1v) is 13.2. The summed E-state index contributed by atoms with van der Waals surface area (Å²) in [4.78, 5) is 15.4. The van der Waals surface area contributed by atoms with Gasteiger partial charge in [-0.2, -0.15) is 23.5 Å². The van der Waals surface area contributed by atoms with Gasteiger partial charge in [-0.3, -0.25) is 9.48 Å². The van der Waals surface area contributed by atoms with Crippen molar-refractivity contribution < 1.29 is 17.4 Å². The summed E-state index contributed by atoms with van der Waals surface area (Å²) in [6.07, 6.45) is 0.157. The van der Waals surface area contributed by atoms with Crippen molar-refractivity contribution in [1.82, 2.24) is 19.5 Å². The van der Waals surface area contributed by atoms with E-state index in [1.165, 1.54) is 24.4 Å². The molecule has 1 saturated carbocycles. The molecule has 4 atom stereocenters. The molecule has 0 aliphatic heterocycles. The van der Waals surface area contributed by atoms with E-state index in [4.69, 9.17) is 0 Å². The summed E-state index contributed by atoms with van der Waals surface area (Å²) in [5.74, 6) is -0.0688. The molecule has 0 radical (unpaired) electrons. The molecule has 3 aromatic rings. The van der Waals surface area contributed by atoms with Gasteiger partial charge in [0.05, 0.1) is 39.3 Å². The third kappa shape index (κ3) is 5.72. The van der Waals surface area contributed by atoms with Crippen molar-refractivity contribution in [3.63, 3.8) is 0 Å². The lowest BCUT2D eigenvalue weighted by Gasteiger charge is -2.27. The molecule has 0 spiro atoms. The van der Waals surface area contributed by atoms with Crippen LogP contribution in [0.5, 0.6) is 0 Å². The summed E-state index contributed by atoms with van der Waals surface area (Å²) < 4.78 is 57.3. The number of benzene rings is 1. The van der Waals surface area contributed by atoms with Gasteiger partial charge in [0.25, 0.3) is 5.56 Å². The molecule has 0 saturated heterocycles. The van der Waals surface area contributed by atoms with E-state index in [0.717, 1.165) is 25.7 Å². The van der Waals surface area contributed by atoms with Crippen molar-refractivity contribution in [2.24, 2.45) is 5.92 Å². The molecular weight excluding hydrogens is 505 g/mol. The molecule has 3 N–H and O–H groups in total. The monoisotopic (exact) mass is 534 g/mol. The second-order valence-electron chi connectivity index (χ2n) is 10.2. The van der Waals surface area contributed by atoms with Crippen LogP contribution >= 0.6 is 0 Å². The number of fused-ring (bicyclic) bond motifs is 1. The van der Waals surface area contributed by atoms with Crippen LogP contribution in [-0.2, 0) is 11.0 Å². The molecule has 1 unspecified atom stereocenters. The van der Waals surface area contributed by atoms with Crippen LogP contribution in [0.15, 0.2) is 41.3 Å². The summed E-state index contributed by atoms with van der Waals surface area (Å²) in [5.41, 5.74) is 0.294. The van der Waals surface area contributed by atoms with Crippen molar-refractivity contribution in [3.05, 3.63) is 52.4 Å². The second kappa shape index (κ2) is 10.3. The molecule has 0 amide bonds. The number of nitriles is 1. The van der Waals surface area contributed by atoms with Crippen LogP contribution in [0.25, 0.3) is 10.9 Å². The minimum absolute atomic E-state index is 0.135. The summed E-state index contributed by atoms with van der Waals surface area (Å²) >= 11 is 0. The van der Waals surface area contributed by atoms with Crippen LogP contribution in [0.1, 0.15) is 64.1 Å². The third-order valence-corrected chi connectivity index (χ3v) is 7.99. The molecule has 2 aromatic heterocycles. The first-order chi connectivity index (χ1) is 17.4. The maximum absolute atomic E-state index is 13.9. The molecule has 0 bridgehead atoms. The van der Waals surface area contributed by atoms with Crippen LogP contribution in [0, 0.1) is 17.2 Å². The Bertz CT molecular complexity index is 1400. The van der Waals surface area contributed by atoms with E-state index in [-0.39, 0.29) is 34.4 Å². The lowest BCUT2D eigenvalue weighted by molar-refractivity contribution is -0.152. The van der Waals surface area contributed by atoms with Crippen molar-refractivity contribution in [1.29, 1.82) is 5.26 Å². The fraction of sp³-hybridized carbons (Fsp3) is 0.480. The first-order valence-electron chi connectivity index (χ1n) is 12.0. The molecule has 198 valence electrons. The van der Waals surface area contributed by atoms with E-state index in [2.05, 4.69) is 26.2 Å². The van der Waals surface area contributed by atoms with Crippen LogP contribution in [0.3, 0.4) is 0 Å². The van der Waals surface area contributed by atoms with Gasteiger partial charge in [-0.15, -0.1) is 0 Å². The quantitative estimate of drug-likeness (QED) is 0.393. The maximum atomic E-state index is 13.9. The van der Waals surface area contributed by atoms with Crippen LogP contribution in [0.2, 0.25) is 0 Å². The Hall–Kier alpha value is -3.17. The second-order valence-corrected chi connectivity index (χ2v) is 12.2. The number of H-pyrrole nitrogens is 1. The van der Waals surface area contributed by atoms with Gasteiger partial charge in [0.15, 0.2) is 5.82 Å². The van der Waals surface area contributed by atoms with Gasteiger partial charge < -0.3 is 10.3 Å². The number of nitrogens with zero attached hydrogens (tertiary/aromatic N) is 3. The SMILES string of the molecule is CC(C)(C)S(=O)N[C@@H](c1cccc(Nc2nn([C@H]3CCCC[C@@H]3C#N)c3cc[nH]c(=O)c23)c1)C(F)(F)F. The van der Waals surface area contributed by atoms with Crippen LogP contribution in [0.4, 0.5) is 24.7 Å². The first kappa shape index (κ1) is 26.9. The lowest BCUT2D eigenvalue weighted by Crippen LogP contribution is -2.41. The van der Waals surface area contributed by atoms with Gasteiger partial charge >= 0.3 is 6.18 Å². The van der Waals surface area contributed by atoms with Crippen molar-refractivity contribution >= 4 is 33.4 Å². The fourth-order valence-electron chi connectivity index (χ4n) is 4.53. The number of nitrogens with one attached hydrogen (secondary N) is 3. The molecule has 1 aromatic carbocycles. The van der Waals surface area contributed by atoms with E-state index in [9.17, 15) is 27.4 Å². The molecular formula is C25H29F3N6O2S. The molecule has 1 fully saturated rings. The van der Waals surface area contributed by atoms with Gasteiger partial charge in [-0.05, 0) is 57.4 Å². The van der Waals surface area contributed by atoms with Crippen LogP contribution < -0.4 is 15.6 Å². The molecule has 8 nitrogen and oxygen atoms in total. The van der Waals surface area contributed by atoms with Crippen molar-refractivity contribution in [3.8, 4) is 6.07 Å². The Kier molecular flexibility index (Phi) is 7.48. The zero-order valence-corrected chi connectivity index (χ0v) is 21.5. The van der Waals surface area contributed by atoms with E-state index in [0.29, 0.717) is 5.52 Å². The Balaban J connectivity index is 1.72. The van der Waals surface area contributed by atoms with Gasteiger partial charge in [0, 0.05) is 11.9 Å². The van der Waals surface area contributed by atoms with Crippen LogP contribution in [-0.4, -0.2) is 29.9 Å². The molecule has 37 heavy (non-hydrogen) atoms. The van der Waals surface area contributed by atoms with Gasteiger partial charge in [0.2, 0.25) is 0 Å². The predicted octanol–water partition coefficient (Wildman–Crippen LogP) is 5.38. The average molecular weight is 535 g/mol. The fourth-order valence-corrected chi connectivity index (χ4v) is 5.37. The summed E-state index contributed by atoms with van der Waals surface area (Å²) in [6.45, 7) is 4.76. The van der Waals surface area contributed by atoms with Crippen molar-refractivity contribution in [2.45, 2.75) is 69.5 Å². The number of aromatic amines is 1. The van der Waals surface area contributed by atoms with Crippen molar-refractivity contribution in [2.75, 3.05) is 5.32 Å². The largest absolute Gasteiger partial charge is 0.408 e. The molecule has 1 aliphatic carbocycles. The zero-order chi connectivity index (χ0) is 27.0. The maximum Gasteiger partial charge on any atom is 0.408 e. The smallest absolute Gasteiger partial charge is 0.338 e. The number of alkyl halides is 3. The molecule has 1 aliphatic rings. The Labute approximate surface area is 214 Å². The number of halogens is 3. The minimum atomic E-state index is -4.70. The Morgan fingerprint density at radius 2 is 1.95 bits per heavy atom. The van der Waals surface area contributed by atoms with E-state index in [1.54, 1.807) is 37.6 Å². The Morgan fingerprint density at radius 1 is 1.22 bits per heavy atom. The number of rotatable bonds is 6. The summed E-state index contributed by atoms with van der Waals surface area (Å²) in [5, 5.41) is 17.5. The third-order valence-electron chi connectivity index (χ3n) is 6.43. The normalized spacial score (nSPS) is 20.4. The van der Waals surface area contributed by atoms with E-state index in [1.807, 2.05) is 0 Å². The Morgan fingerprint density at radius 3 is 2.62 bits per heavy atom. The minimum Gasteiger partial charge on any atom is -0.338 e. The van der Waals surface area contributed by atoms with Gasteiger partial charge in [0.1, 0.15) is 11.4 Å². The highest BCUT2D eigenvalue weighted by Gasteiger charge is 2.43. The summed E-state index contributed by atoms with van der Waals surface area (Å²) in [6, 6.07) is 7.30. The van der Waals surface area contributed by atoms with E-state index >= 15 is 0 Å². The number of pyridine rings is 1. The highest BCUT2D eigenvalue weighted by atomic mass is 32.2. The van der Waals surface area contributed by atoms with Gasteiger partial charge in [-0.25, -0.2) is 8.93 Å². The lowest BCUT2D eigenvalue weighted by atomic mass is 9.85. The zero-order valence-electron chi connectivity index (χ0n) is 20.7. The number of aromatic nitrogens is 3. The van der Waals surface area contributed by atoms with E-state index < -0.39 is 33.5 Å².